The zero-order valence-corrected chi connectivity index (χ0v) is 16.0. The number of carbonyl (C=O) groups excluding carboxylic acids is 1. The summed E-state index contributed by atoms with van der Waals surface area (Å²) in [7, 11) is 0. The highest BCUT2D eigenvalue weighted by molar-refractivity contribution is 7.98. The van der Waals surface area contributed by atoms with Crippen molar-refractivity contribution in [2.75, 3.05) is 6.54 Å². The first-order chi connectivity index (χ1) is 13.2. The molecule has 6 heteroatoms. The van der Waals surface area contributed by atoms with Gasteiger partial charge in [0.2, 0.25) is 0 Å². The molecule has 1 aliphatic rings. The van der Waals surface area contributed by atoms with Crippen molar-refractivity contribution in [3.63, 3.8) is 0 Å². The summed E-state index contributed by atoms with van der Waals surface area (Å²) in [5.74, 6) is 1.31. The van der Waals surface area contributed by atoms with E-state index in [1.54, 1.807) is 12.3 Å². The van der Waals surface area contributed by atoms with Gasteiger partial charge in [-0.05, 0) is 37.5 Å². The minimum Gasteiger partial charge on any atom is -0.361 e. The van der Waals surface area contributed by atoms with Gasteiger partial charge in [-0.3, -0.25) is 4.79 Å². The molecule has 1 amide bonds. The van der Waals surface area contributed by atoms with E-state index in [0.717, 1.165) is 24.3 Å². The number of carbonyl (C=O) groups is 1. The molecule has 2 heterocycles. The molecule has 1 saturated carbocycles. The minimum atomic E-state index is -0.0795. The van der Waals surface area contributed by atoms with E-state index >= 15 is 0 Å². The standard InChI is InChI=1S/C21H21N3O2S/c1-15-12-17(24-26-15)13-27-20-18(8-5-11-22-20)19(25)23-14-21(9-10-21)16-6-3-2-4-7-16/h2-8,11-12H,9-10,13-14H2,1H3,(H,23,25). The average molecular weight is 379 g/mol. The zero-order valence-electron chi connectivity index (χ0n) is 15.1. The third-order valence-corrected chi connectivity index (χ3v) is 5.92. The van der Waals surface area contributed by atoms with Gasteiger partial charge in [-0.1, -0.05) is 47.3 Å². The highest BCUT2D eigenvalue weighted by Crippen LogP contribution is 2.47. The molecule has 0 spiro atoms. The maximum absolute atomic E-state index is 12.8. The first-order valence-electron chi connectivity index (χ1n) is 9.00. The number of aromatic nitrogens is 2. The van der Waals surface area contributed by atoms with Gasteiger partial charge in [-0.2, -0.15) is 0 Å². The molecule has 1 aliphatic carbocycles. The minimum absolute atomic E-state index is 0.0795. The van der Waals surface area contributed by atoms with Gasteiger partial charge in [-0.25, -0.2) is 4.98 Å². The van der Waals surface area contributed by atoms with E-state index in [4.69, 9.17) is 4.52 Å². The quantitative estimate of drug-likeness (QED) is 0.625. The Morgan fingerprint density at radius 1 is 1.22 bits per heavy atom. The first-order valence-corrected chi connectivity index (χ1v) is 9.99. The maximum Gasteiger partial charge on any atom is 0.254 e. The van der Waals surface area contributed by atoms with Crippen LogP contribution in [-0.2, 0) is 11.2 Å². The highest BCUT2D eigenvalue weighted by atomic mass is 32.2. The number of hydrogen-bond acceptors (Lipinski definition) is 5. The van der Waals surface area contributed by atoms with Crippen LogP contribution in [0.15, 0.2) is 64.3 Å². The van der Waals surface area contributed by atoms with Crippen LogP contribution in [0.2, 0.25) is 0 Å². The van der Waals surface area contributed by atoms with Crippen LogP contribution in [0.5, 0.6) is 0 Å². The van der Waals surface area contributed by atoms with Gasteiger partial charge in [-0.15, -0.1) is 0 Å². The number of benzene rings is 1. The summed E-state index contributed by atoms with van der Waals surface area (Å²) in [6.45, 7) is 2.51. The van der Waals surface area contributed by atoms with Crippen molar-refractivity contribution in [2.45, 2.75) is 36.0 Å². The van der Waals surface area contributed by atoms with Crippen molar-refractivity contribution < 1.29 is 9.32 Å². The van der Waals surface area contributed by atoms with Gasteiger partial charge in [0.05, 0.1) is 11.3 Å². The summed E-state index contributed by atoms with van der Waals surface area (Å²) >= 11 is 1.49. The molecule has 0 aliphatic heterocycles. The summed E-state index contributed by atoms with van der Waals surface area (Å²) in [6.07, 6.45) is 3.93. The predicted molar refractivity (Wildman–Crippen MR) is 105 cm³/mol. The molecule has 27 heavy (non-hydrogen) atoms. The van der Waals surface area contributed by atoms with Crippen LogP contribution in [0.1, 0.15) is 40.2 Å². The fourth-order valence-electron chi connectivity index (χ4n) is 3.16. The highest BCUT2D eigenvalue weighted by Gasteiger charge is 2.44. The van der Waals surface area contributed by atoms with E-state index in [1.165, 1.54) is 17.3 Å². The van der Waals surface area contributed by atoms with E-state index in [9.17, 15) is 4.79 Å². The number of aryl methyl sites for hydroxylation is 1. The summed E-state index contributed by atoms with van der Waals surface area (Å²) in [5, 5.41) is 7.82. The SMILES string of the molecule is Cc1cc(CSc2ncccc2C(=O)NCC2(c3ccccc3)CC2)no1. The second-order valence-corrected chi connectivity index (χ2v) is 7.87. The summed E-state index contributed by atoms with van der Waals surface area (Å²) in [4.78, 5) is 17.2. The van der Waals surface area contributed by atoms with Crippen molar-refractivity contribution in [1.29, 1.82) is 0 Å². The van der Waals surface area contributed by atoms with Crippen LogP contribution < -0.4 is 5.32 Å². The van der Waals surface area contributed by atoms with E-state index in [0.29, 0.717) is 22.9 Å². The molecule has 2 aromatic heterocycles. The van der Waals surface area contributed by atoms with Gasteiger partial charge in [0.1, 0.15) is 10.8 Å². The van der Waals surface area contributed by atoms with Crippen molar-refractivity contribution in [3.8, 4) is 0 Å². The number of nitrogens with one attached hydrogen (secondary N) is 1. The second-order valence-electron chi connectivity index (χ2n) is 6.90. The zero-order chi connectivity index (χ0) is 18.7. The Kier molecular flexibility index (Phi) is 4.99. The molecular weight excluding hydrogens is 358 g/mol. The Morgan fingerprint density at radius 3 is 2.74 bits per heavy atom. The normalized spacial score (nSPS) is 14.7. The average Bonchev–Trinajstić information content (AvgIpc) is 3.39. The maximum atomic E-state index is 12.8. The van der Waals surface area contributed by atoms with E-state index in [2.05, 4.69) is 39.7 Å². The molecule has 4 rings (SSSR count). The van der Waals surface area contributed by atoms with Crippen molar-refractivity contribution in [2.24, 2.45) is 0 Å². The fraction of sp³-hybridized carbons (Fsp3) is 0.286. The molecule has 0 atom stereocenters. The van der Waals surface area contributed by atoms with Crippen LogP contribution in [0.25, 0.3) is 0 Å². The fourth-order valence-corrected chi connectivity index (χ4v) is 4.03. The van der Waals surface area contributed by atoms with Crippen LogP contribution in [0.4, 0.5) is 0 Å². The van der Waals surface area contributed by atoms with Crippen LogP contribution >= 0.6 is 11.8 Å². The largest absolute Gasteiger partial charge is 0.361 e. The second kappa shape index (κ2) is 7.56. The molecule has 1 aromatic carbocycles. The Bertz CT molecular complexity index is 935. The summed E-state index contributed by atoms with van der Waals surface area (Å²) < 4.78 is 5.09. The number of amides is 1. The summed E-state index contributed by atoms with van der Waals surface area (Å²) in [6, 6.07) is 15.9. The molecule has 1 N–H and O–H groups in total. The predicted octanol–water partition coefficient (Wildman–Crippen LogP) is 4.13. The van der Waals surface area contributed by atoms with Gasteiger partial charge in [0.15, 0.2) is 0 Å². The molecule has 5 nitrogen and oxygen atoms in total. The third-order valence-electron chi connectivity index (χ3n) is 4.88. The molecule has 0 unspecified atom stereocenters. The number of hydrogen-bond donors (Lipinski definition) is 1. The van der Waals surface area contributed by atoms with E-state index in [-0.39, 0.29) is 11.3 Å². The van der Waals surface area contributed by atoms with Gasteiger partial charge >= 0.3 is 0 Å². The van der Waals surface area contributed by atoms with Gasteiger partial charge in [0, 0.05) is 30.0 Å². The molecule has 3 aromatic rings. The topological polar surface area (TPSA) is 68.0 Å². The molecule has 138 valence electrons. The van der Waals surface area contributed by atoms with E-state index in [1.807, 2.05) is 25.1 Å². The smallest absolute Gasteiger partial charge is 0.254 e. The lowest BCUT2D eigenvalue weighted by Gasteiger charge is -2.17. The van der Waals surface area contributed by atoms with Crippen molar-refractivity contribution in [3.05, 3.63) is 77.3 Å². The van der Waals surface area contributed by atoms with Crippen LogP contribution in [0, 0.1) is 6.92 Å². The summed E-state index contributed by atoms with van der Waals surface area (Å²) in [5.41, 5.74) is 2.83. The Hall–Kier alpha value is -2.60. The number of nitrogens with zero attached hydrogens (tertiary/aromatic N) is 2. The van der Waals surface area contributed by atoms with Gasteiger partial charge < -0.3 is 9.84 Å². The molecule has 0 saturated heterocycles. The lowest BCUT2D eigenvalue weighted by atomic mass is 9.96. The Balaban J connectivity index is 1.42. The third kappa shape index (κ3) is 4.06. The monoisotopic (exact) mass is 379 g/mol. The van der Waals surface area contributed by atoms with E-state index < -0.39 is 0 Å². The Labute approximate surface area is 162 Å². The number of pyridine rings is 1. The lowest BCUT2D eigenvalue weighted by molar-refractivity contribution is 0.0946. The first kappa shape index (κ1) is 17.8. The van der Waals surface area contributed by atoms with Crippen molar-refractivity contribution in [1.82, 2.24) is 15.5 Å². The molecular formula is C21H21N3O2S. The Morgan fingerprint density at radius 2 is 2.04 bits per heavy atom. The number of thioether (sulfide) groups is 1. The molecule has 1 fully saturated rings. The van der Waals surface area contributed by atoms with Gasteiger partial charge in [0.25, 0.3) is 5.91 Å². The van der Waals surface area contributed by atoms with Crippen LogP contribution in [-0.4, -0.2) is 22.6 Å². The van der Waals surface area contributed by atoms with Crippen LogP contribution in [0.3, 0.4) is 0 Å². The number of rotatable bonds is 7. The lowest BCUT2D eigenvalue weighted by Crippen LogP contribution is -2.32. The molecule has 0 radical (unpaired) electrons. The van der Waals surface area contributed by atoms with Crippen molar-refractivity contribution >= 4 is 17.7 Å². The molecule has 0 bridgehead atoms.